The Balaban J connectivity index is 1.19. The fourth-order valence-electron chi connectivity index (χ4n) is 5.41. The molecule has 0 saturated carbocycles. The molecule has 0 spiro atoms. The molecule has 4 fully saturated rings. The van der Waals surface area contributed by atoms with Gasteiger partial charge in [-0.1, -0.05) is 11.6 Å². The number of anilines is 4. The number of carbonyl (C=O) groups excluding carboxylic acids is 1. The third kappa shape index (κ3) is 5.76. The molecule has 0 bridgehead atoms. The van der Waals surface area contributed by atoms with E-state index in [0.717, 1.165) is 37.4 Å². The summed E-state index contributed by atoms with van der Waals surface area (Å²) in [4.78, 5) is 24.0. The molecular formula is C26H33ClN6O6. The fourth-order valence-corrected chi connectivity index (χ4v) is 5.54. The molecule has 210 valence electrons. The summed E-state index contributed by atoms with van der Waals surface area (Å²) in [5.74, 6) is 0.496. The number of rotatable bonds is 8. The molecule has 1 aromatic heterocycles. The van der Waals surface area contributed by atoms with E-state index in [9.17, 15) is 4.79 Å². The Morgan fingerprint density at radius 3 is 2.74 bits per heavy atom. The highest BCUT2D eigenvalue weighted by Crippen LogP contribution is 2.34. The maximum absolute atomic E-state index is 13.0. The van der Waals surface area contributed by atoms with Gasteiger partial charge in [0.1, 0.15) is 23.3 Å². The van der Waals surface area contributed by atoms with Crippen molar-refractivity contribution in [2.24, 2.45) is 5.92 Å². The number of hydrogen-bond acceptors (Lipinski definition) is 11. The maximum Gasteiger partial charge on any atom is 0.237 e. The van der Waals surface area contributed by atoms with E-state index in [-0.39, 0.29) is 47.1 Å². The number of fused-ring (bicyclic) bond motifs is 1. The Morgan fingerprint density at radius 1 is 1.18 bits per heavy atom. The second kappa shape index (κ2) is 11.8. The van der Waals surface area contributed by atoms with Crippen LogP contribution in [0.1, 0.15) is 6.42 Å². The molecule has 1 unspecified atom stereocenters. The molecule has 5 atom stereocenters. The summed E-state index contributed by atoms with van der Waals surface area (Å²) in [7, 11) is 1.64. The minimum Gasteiger partial charge on any atom is -0.468 e. The number of carbonyl (C=O) groups is 1. The van der Waals surface area contributed by atoms with Gasteiger partial charge in [-0.15, -0.1) is 0 Å². The number of morpholine rings is 1. The molecule has 1 aromatic carbocycles. The van der Waals surface area contributed by atoms with E-state index in [1.54, 1.807) is 7.11 Å². The number of ether oxygens (including phenoxy) is 5. The lowest BCUT2D eigenvalue weighted by atomic mass is 10.1. The molecule has 3 N–H and O–H groups in total. The van der Waals surface area contributed by atoms with Crippen LogP contribution in [0.5, 0.6) is 5.88 Å². The third-order valence-corrected chi connectivity index (χ3v) is 7.79. The van der Waals surface area contributed by atoms with E-state index in [2.05, 4.69) is 30.8 Å². The normalized spacial score (nSPS) is 28.4. The monoisotopic (exact) mass is 560 g/mol. The van der Waals surface area contributed by atoms with Crippen LogP contribution in [0.3, 0.4) is 0 Å². The fraction of sp³-hybridized carbons (Fsp3) is 0.577. The van der Waals surface area contributed by atoms with Gasteiger partial charge in [-0.25, -0.2) is 4.98 Å². The number of benzene rings is 1. The summed E-state index contributed by atoms with van der Waals surface area (Å²) < 4.78 is 28.8. The molecule has 13 heteroatoms. The molecule has 12 nitrogen and oxygen atoms in total. The van der Waals surface area contributed by atoms with Crippen molar-refractivity contribution in [3.8, 4) is 5.88 Å². The molecule has 2 aromatic rings. The van der Waals surface area contributed by atoms with E-state index in [0.29, 0.717) is 44.6 Å². The zero-order valence-corrected chi connectivity index (χ0v) is 22.5. The first-order valence-corrected chi connectivity index (χ1v) is 13.7. The first-order valence-electron chi connectivity index (χ1n) is 13.3. The summed E-state index contributed by atoms with van der Waals surface area (Å²) >= 11 is 6.38. The van der Waals surface area contributed by atoms with Crippen LogP contribution in [0.2, 0.25) is 5.02 Å². The van der Waals surface area contributed by atoms with Crippen LogP contribution < -0.4 is 25.6 Å². The summed E-state index contributed by atoms with van der Waals surface area (Å²) in [6, 6.07) is 5.82. The third-order valence-electron chi connectivity index (χ3n) is 7.53. The number of aromatic nitrogens is 2. The highest BCUT2D eigenvalue weighted by atomic mass is 35.5. The van der Waals surface area contributed by atoms with Gasteiger partial charge in [-0.3, -0.25) is 4.79 Å². The number of hydrogen-bond donors (Lipinski definition) is 3. The zero-order chi connectivity index (χ0) is 26.8. The van der Waals surface area contributed by atoms with Crippen molar-refractivity contribution in [1.29, 1.82) is 0 Å². The van der Waals surface area contributed by atoms with Crippen LogP contribution in [0.25, 0.3) is 0 Å². The summed E-state index contributed by atoms with van der Waals surface area (Å²) in [6.45, 7) is 5.13. The van der Waals surface area contributed by atoms with E-state index in [1.807, 2.05) is 18.2 Å². The zero-order valence-electron chi connectivity index (χ0n) is 21.7. The molecule has 5 heterocycles. The van der Waals surface area contributed by atoms with Gasteiger partial charge < -0.3 is 44.5 Å². The molecule has 1 amide bonds. The SMILES string of the molecule is CO[C@@H]1CO[C@H]2[C@@H]1OC[C@H]2Oc1nc(Nc2ccc(N3CCOCC3)c(NC(=O)C3CCNC3)c2)ncc1Cl. The Morgan fingerprint density at radius 2 is 1.97 bits per heavy atom. The highest BCUT2D eigenvalue weighted by molar-refractivity contribution is 6.31. The standard InChI is InChI=1S/C26H33ClN6O6/c1-35-20-13-37-23-21(14-38-22(20)23)39-25-17(27)12-29-26(32-25)30-16-2-3-19(33-6-8-36-9-7-33)18(10-16)31-24(34)15-4-5-28-11-15/h2-3,10,12,15,20-23,28H,4-9,11,13-14H2,1H3,(H,31,34)(H,29,30,32)/t15?,20-,21-,22-,23-/m1/s1. The molecule has 0 radical (unpaired) electrons. The minimum atomic E-state index is -0.366. The van der Waals surface area contributed by atoms with Gasteiger partial charge in [0, 0.05) is 32.4 Å². The Bertz CT molecular complexity index is 1180. The van der Waals surface area contributed by atoms with Gasteiger partial charge in [0.15, 0.2) is 6.10 Å². The van der Waals surface area contributed by atoms with E-state index in [1.165, 1.54) is 6.20 Å². The summed E-state index contributed by atoms with van der Waals surface area (Å²) in [5.41, 5.74) is 2.39. The van der Waals surface area contributed by atoms with Gasteiger partial charge in [0.2, 0.25) is 17.7 Å². The average molecular weight is 561 g/mol. The number of halogens is 1. The van der Waals surface area contributed by atoms with Crippen molar-refractivity contribution >= 4 is 40.5 Å². The second-order valence-electron chi connectivity index (χ2n) is 10.0. The van der Waals surface area contributed by atoms with Crippen molar-refractivity contribution in [1.82, 2.24) is 15.3 Å². The minimum absolute atomic E-state index is 0.00650. The maximum atomic E-state index is 13.0. The van der Waals surface area contributed by atoms with E-state index < -0.39 is 0 Å². The van der Waals surface area contributed by atoms with Crippen molar-refractivity contribution in [3.05, 3.63) is 29.4 Å². The molecule has 4 aliphatic rings. The average Bonchev–Trinajstić information content (AvgIpc) is 3.71. The molecule has 6 rings (SSSR count). The molecule has 0 aliphatic carbocycles. The lowest BCUT2D eigenvalue weighted by molar-refractivity contribution is -0.119. The van der Waals surface area contributed by atoms with Crippen LogP contribution in [0, 0.1) is 5.92 Å². The topological polar surface area (TPSA) is 128 Å². The largest absolute Gasteiger partial charge is 0.468 e. The van der Waals surface area contributed by atoms with Crippen LogP contribution in [0.15, 0.2) is 24.4 Å². The highest BCUT2D eigenvalue weighted by Gasteiger charge is 2.49. The predicted octanol–water partition coefficient (Wildman–Crippen LogP) is 1.82. The number of methoxy groups -OCH3 is 1. The van der Waals surface area contributed by atoms with Crippen LogP contribution in [0.4, 0.5) is 23.0 Å². The van der Waals surface area contributed by atoms with E-state index in [4.69, 9.17) is 35.3 Å². The van der Waals surface area contributed by atoms with Gasteiger partial charge in [0.05, 0.1) is 49.9 Å². The predicted molar refractivity (Wildman–Crippen MR) is 144 cm³/mol. The lowest BCUT2D eigenvalue weighted by Gasteiger charge is -2.31. The molecule has 4 aliphatic heterocycles. The van der Waals surface area contributed by atoms with Crippen molar-refractivity contribution in [3.63, 3.8) is 0 Å². The van der Waals surface area contributed by atoms with Crippen LogP contribution in [-0.4, -0.2) is 100 Å². The molecular weight excluding hydrogens is 528 g/mol. The van der Waals surface area contributed by atoms with Crippen LogP contribution in [-0.2, 0) is 23.7 Å². The molecule has 4 saturated heterocycles. The number of nitrogens with zero attached hydrogens (tertiary/aromatic N) is 3. The quantitative estimate of drug-likeness (QED) is 0.437. The van der Waals surface area contributed by atoms with Gasteiger partial charge in [-0.2, -0.15) is 4.98 Å². The smallest absolute Gasteiger partial charge is 0.237 e. The van der Waals surface area contributed by atoms with Gasteiger partial charge in [-0.05, 0) is 31.2 Å². The van der Waals surface area contributed by atoms with Crippen LogP contribution >= 0.6 is 11.6 Å². The lowest BCUT2D eigenvalue weighted by Crippen LogP contribution is -2.37. The second-order valence-corrected chi connectivity index (χ2v) is 10.4. The van der Waals surface area contributed by atoms with Gasteiger partial charge in [0.25, 0.3) is 0 Å². The van der Waals surface area contributed by atoms with E-state index >= 15 is 0 Å². The van der Waals surface area contributed by atoms with Crippen molar-refractivity contribution in [2.45, 2.75) is 30.8 Å². The summed E-state index contributed by atoms with van der Waals surface area (Å²) in [6.07, 6.45) is 1.38. The summed E-state index contributed by atoms with van der Waals surface area (Å²) in [5, 5.41) is 9.91. The first kappa shape index (κ1) is 26.5. The molecule has 39 heavy (non-hydrogen) atoms. The Kier molecular flexibility index (Phi) is 8.00. The first-order chi connectivity index (χ1) is 19.1. The van der Waals surface area contributed by atoms with Crippen molar-refractivity contribution < 1.29 is 28.5 Å². The Hall–Kier alpha value is -2.74. The van der Waals surface area contributed by atoms with Gasteiger partial charge >= 0.3 is 0 Å². The Labute approximate surface area is 231 Å². The van der Waals surface area contributed by atoms with Crippen molar-refractivity contribution in [2.75, 3.05) is 75.2 Å². The number of amides is 1. The number of nitrogens with one attached hydrogen (secondary N) is 3.